The number of nitrogens with one attached hydrogen (secondary N) is 1. The zero-order valence-electron chi connectivity index (χ0n) is 11.4. The number of nitrogens with zero attached hydrogens (tertiary/aromatic N) is 1. The summed E-state index contributed by atoms with van der Waals surface area (Å²) in [6, 6.07) is 11.2. The van der Waals surface area contributed by atoms with Gasteiger partial charge >= 0.3 is 5.76 Å². The van der Waals surface area contributed by atoms with Crippen LogP contribution in [0.15, 0.2) is 56.6 Å². The lowest BCUT2D eigenvalue weighted by molar-refractivity contribution is 0.554. The Hall–Kier alpha value is -2.25. The highest BCUT2D eigenvalue weighted by atomic mass is 35.5. The number of halogens is 1. The average molecular weight is 339 g/mol. The van der Waals surface area contributed by atoms with Crippen LogP contribution in [-0.4, -0.2) is 20.4 Å². The van der Waals surface area contributed by atoms with Crippen molar-refractivity contribution in [3.05, 3.63) is 58.0 Å². The molecule has 114 valence electrons. The summed E-state index contributed by atoms with van der Waals surface area (Å²) in [5, 5.41) is 0.00679. The minimum absolute atomic E-state index is 0.00679. The number of rotatable bonds is 3. The molecule has 1 aromatic heterocycles. The Labute approximate surface area is 131 Å². The normalized spacial score (nSPS) is 11.7. The van der Waals surface area contributed by atoms with Gasteiger partial charge in [0.1, 0.15) is 4.90 Å². The van der Waals surface area contributed by atoms with Crippen molar-refractivity contribution in [2.75, 3.05) is 11.4 Å². The van der Waals surface area contributed by atoms with Crippen LogP contribution in [0.3, 0.4) is 0 Å². The van der Waals surface area contributed by atoms with Gasteiger partial charge in [0.15, 0.2) is 5.58 Å². The van der Waals surface area contributed by atoms with Crippen molar-refractivity contribution in [1.82, 2.24) is 4.98 Å². The Kier molecular flexibility index (Phi) is 3.46. The molecule has 6 nitrogen and oxygen atoms in total. The number of anilines is 1. The maximum absolute atomic E-state index is 12.7. The van der Waals surface area contributed by atoms with Crippen LogP contribution in [0.2, 0.25) is 5.02 Å². The molecule has 0 bridgehead atoms. The summed E-state index contributed by atoms with van der Waals surface area (Å²) in [5.74, 6) is -0.669. The van der Waals surface area contributed by atoms with Crippen LogP contribution in [0.25, 0.3) is 11.1 Å². The smallest absolute Gasteiger partial charge is 0.408 e. The minimum atomic E-state index is -3.88. The SMILES string of the molecule is CN(c1ccccc1)S(=O)(=O)c1cc2oc(=O)[nH]c2cc1Cl. The molecule has 0 unspecified atom stereocenters. The summed E-state index contributed by atoms with van der Waals surface area (Å²) >= 11 is 6.06. The number of aromatic amines is 1. The molecule has 22 heavy (non-hydrogen) atoms. The first-order valence-corrected chi connectivity index (χ1v) is 8.08. The second kappa shape index (κ2) is 5.19. The molecule has 0 aliphatic heterocycles. The monoisotopic (exact) mass is 338 g/mol. The van der Waals surface area contributed by atoms with E-state index in [1.165, 1.54) is 19.2 Å². The molecule has 1 heterocycles. The quantitative estimate of drug-likeness (QED) is 0.795. The average Bonchev–Trinajstić information content (AvgIpc) is 2.85. The van der Waals surface area contributed by atoms with Crippen molar-refractivity contribution < 1.29 is 12.8 Å². The fraction of sp³-hybridized carbons (Fsp3) is 0.0714. The lowest BCUT2D eigenvalue weighted by Crippen LogP contribution is -2.26. The van der Waals surface area contributed by atoms with E-state index in [0.717, 1.165) is 4.31 Å². The minimum Gasteiger partial charge on any atom is -0.408 e. The number of hydrogen-bond donors (Lipinski definition) is 1. The van der Waals surface area contributed by atoms with Gasteiger partial charge in [0.2, 0.25) is 0 Å². The van der Waals surface area contributed by atoms with E-state index in [1.807, 2.05) is 0 Å². The van der Waals surface area contributed by atoms with Crippen LogP contribution in [0.5, 0.6) is 0 Å². The zero-order chi connectivity index (χ0) is 15.9. The number of fused-ring (bicyclic) bond motifs is 1. The van der Waals surface area contributed by atoms with Gasteiger partial charge in [0.25, 0.3) is 10.0 Å². The van der Waals surface area contributed by atoms with Crippen molar-refractivity contribution >= 4 is 38.4 Å². The van der Waals surface area contributed by atoms with E-state index < -0.39 is 15.8 Å². The first-order valence-electron chi connectivity index (χ1n) is 6.26. The predicted molar refractivity (Wildman–Crippen MR) is 83.9 cm³/mol. The molecule has 0 atom stereocenters. The summed E-state index contributed by atoms with van der Waals surface area (Å²) in [6.07, 6.45) is 0. The van der Waals surface area contributed by atoms with E-state index in [1.54, 1.807) is 30.3 Å². The van der Waals surface area contributed by atoms with E-state index in [-0.39, 0.29) is 15.5 Å². The maximum atomic E-state index is 12.7. The first kappa shape index (κ1) is 14.7. The molecule has 3 rings (SSSR count). The second-order valence-corrected chi connectivity index (χ2v) is 6.95. The molecule has 0 aliphatic carbocycles. The van der Waals surface area contributed by atoms with Gasteiger partial charge in [-0.2, -0.15) is 0 Å². The standard InChI is InChI=1S/C14H11ClN2O4S/c1-17(9-5-3-2-4-6-9)22(19,20)13-8-12-11(7-10(13)15)16-14(18)21-12/h2-8H,1H3,(H,16,18). The summed E-state index contributed by atoms with van der Waals surface area (Å²) in [7, 11) is -2.45. The highest BCUT2D eigenvalue weighted by molar-refractivity contribution is 7.93. The first-order chi connectivity index (χ1) is 10.4. The summed E-state index contributed by atoms with van der Waals surface area (Å²) in [4.78, 5) is 13.5. The topological polar surface area (TPSA) is 83.4 Å². The van der Waals surface area contributed by atoms with Gasteiger partial charge < -0.3 is 4.42 Å². The van der Waals surface area contributed by atoms with Gasteiger partial charge in [-0.15, -0.1) is 0 Å². The van der Waals surface area contributed by atoms with Gasteiger partial charge in [-0.3, -0.25) is 9.29 Å². The molecule has 0 amide bonds. The maximum Gasteiger partial charge on any atom is 0.417 e. The molecule has 8 heteroatoms. The number of hydrogen-bond acceptors (Lipinski definition) is 4. The van der Waals surface area contributed by atoms with Gasteiger partial charge in [0.05, 0.1) is 16.2 Å². The van der Waals surface area contributed by atoms with E-state index in [9.17, 15) is 13.2 Å². The van der Waals surface area contributed by atoms with Crippen LogP contribution < -0.4 is 10.1 Å². The number of H-pyrrole nitrogens is 1. The van der Waals surface area contributed by atoms with Crippen LogP contribution in [-0.2, 0) is 10.0 Å². The van der Waals surface area contributed by atoms with Gasteiger partial charge in [-0.05, 0) is 18.2 Å². The fourth-order valence-electron chi connectivity index (χ4n) is 2.07. The highest BCUT2D eigenvalue weighted by Crippen LogP contribution is 2.30. The van der Waals surface area contributed by atoms with Crippen LogP contribution in [0.1, 0.15) is 0 Å². The Balaban J connectivity index is 2.16. The van der Waals surface area contributed by atoms with Crippen LogP contribution >= 0.6 is 11.6 Å². The molecule has 0 aliphatic rings. The van der Waals surface area contributed by atoms with Crippen molar-refractivity contribution in [1.29, 1.82) is 0 Å². The van der Waals surface area contributed by atoms with Crippen molar-refractivity contribution in [2.45, 2.75) is 4.90 Å². The summed E-state index contributed by atoms with van der Waals surface area (Å²) in [5.41, 5.74) is 0.972. The summed E-state index contributed by atoms with van der Waals surface area (Å²) in [6.45, 7) is 0. The number of para-hydroxylation sites is 1. The lowest BCUT2D eigenvalue weighted by atomic mass is 10.3. The number of aromatic nitrogens is 1. The molecule has 0 saturated carbocycles. The number of sulfonamides is 1. The van der Waals surface area contributed by atoms with Crippen LogP contribution in [0.4, 0.5) is 5.69 Å². The zero-order valence-corrected chi connectivity index (χ0v) is 13.0. The molecule has 3 aromatic rings. The molecule has 2 aromatic carbocycles. The molecular formula is C14H11ClN2O4S. The Morgan fingerprint density at radius 3 is 2.55 bits per heavy atom. The Morgan fingerprint density at radius 1 is 1.18 bits per heavy atom. The molecular weight excluding hydrogens is 328 g/mol. The van der Waals surface area contributed by atoms with Crippen molar-refractivity contribution in [3.63, 3.8) is 0 Å². The number of benzene rings is 2. The predicted octanol–water partition coefficient (Wildman–Crippen LogP) is 2.60. The number of oxazole rings is 1. The van der Waals surface area contributed by atoms with Crippen molar-refractivity contribution in [3.8, 4) is 0 Å². The largest absolute Gasteiger partial charge is 0.417 e. The summed E-state index contributed by atoms with van der Waals surface area (Å²) < 4.78 is 31.4. The third kappa shape index (κ3) is 2.38. The van der Waals surface area contributed by atoms with E-state index >= 15 is 0 Å². The Bertz CT molecular complexity index is 993. The third-order valence-corrected chi connectivity index (χ3v) is 5.48. The molecule has 0 spiro atoms. The van der Waals surface area contributed by atoms with E-state index in [4.69, 9.17) is 16.0 Å². The second-order valence-electron chi connectivity index (χ2n) is 4.60. The van der Waals surface area contributed by atoms with E-state index in [0.29, 0.717) is 11.2 Å². The van der Waals surface area contributed by atoms with Gasteiger partial charge in [-0.25, -0.2) is 13.2 Å². The molecule has 0 fully saturated rings. The van der Waals surface area contributed by atoms with Crippen molar-refractivity contribution in [2.24, 2.45) is 0 Å². The highest BCUT2D eigenvalue weighted by Gasteiger charge is 2.25. The van der Waals surface area contributed by atoms with Crippen LogP contribution in [0, 0.1) is 0 Å². The third-order valence-electron chi connectivity index (χ3n) is 3.23. The molecule has 1 N–H and O–H groups in total. The molecule has 0 radical (unpaired) electrons. The van der Waals surface area contributed by atoms with Gasteiger partial charge in [-0.1, -0.05) is 29.8 Å². The lowest BCUT2D eigenvalue weighted by Gasteiger charge is -2.20. The molecule has 0 saturated heterocycles. The van der Waals surface area contributed by atoms with Gasteiger partial charge in [0, 0.05) is 13.1 Å². The Morgan fingerprint density at radius 2 is 1.86 bits per heavy atom. The van der Waals surface area contributed by atoms with E-state index in [2.05, 4.69) is 4.98 Å². The fourth-order valence-corrected chi connectivity index (χ4v) is 3.79.